The van der Waals surface area contributed by atoms with E-state index in [1.807, 2.05) is 0 Å². The van der Waals surface area contributed by atoms with Crippen molar-refractivity contribution in [3.05, 3.63) is 35.4 Å². The molecule has 1 aromatic carbocycles. The Balaban J connectivity index is 0.00000306. The van der Waals surface area contributed by atoms with E-state index in [0.29, 0.717) is 0 Å². The first-order chi connectivity index (χ1) is 15.7. The number of rotatable bonds is 7. The molecule has 0 bridgehead atoms. The Bertz CT molecular complexity index is 714. The van der Waals surface area contributed by atoms with Crippen LogP contribution in [0.5, 0.6) is 0 Å². The van der Waals surface area contributed by atoms with Gasteiger partial charge < -0.3 is 20.2 Å². The summed E-state index contributed by atoms with van der Waals surface area (Å²) in [5.74, 6) is 1.84. The van der Waals surface area contributed by atoms with Crippen LogP contribution in [0.3, 0.4) is 0 Å². The van der Waals surface area contributed by atoms with Crippen LogP contribution < -0.4 is 5.32 Å². The minimum absolute atomic E-state index is 0. The quantitative estimate of drug-likeness (QED) is 0.299. The van der Waals surface area contributed by atoms with Crippen LogP contribution in [0.25, 0.3) is 0 Å². The number of likely N-dealkylation sites (tertiary alicyclic amines) is 3. The normalized spacial score (nSPS) is 23.5. The third-order valence-electron chi connectivity index (χ3n) is 7.28. The van der Waals surface area contributed by atoms with Crippen LogP contribution in [-0.2, 0) is 13.1 Å². The summed E-state index contributed by atoms with van der Waals surface area (Å²) in [6.07, 6.45) is 7.14. The van der Waals surface area contributed by atoms with E-state index in [1.165, 1.54) is 56.4 Å². The number of benzene rings is 1. The Labute approximate surface area is 217 Å². The van der Waals surface area contributed by atoms with Crippen LogP contribution >= 0.6 is 24.0 Å². The third-order valence-corrected chi connectivity index (χ3v) is 7.28. The highest BCUT2D eigenvalue weighted by Gasteiger charge is 2.27. The molecule has 186 valence electrons. The summed E-state index contributed by atoms with van der Waals surface area (Å²) < 4.78 is 0. The van der Waals surface area contributed by atoms with Gasteiger partial charge >= 0.3 is 0 Å². The summed E-state index contributed by atoms with van der Waals surface area (Å²) in [6.45, 7) is 12.9. The molecular weight excluding hydrogens is 525 g/mol. The van der Waals surface area contributed by atoms with E-state index in [-0.39, 0.29) is 30.1 Å². The lowest BCUT2D eigenvalue weighted by molar-refractivity contribution is 0.0792. The van der Waals surface area contributed by atoms with Gasteiger partial charge in [0.15, 0.2) is 5.96 Å². The van der Waals surface area contributed by atoms with Crippen LogP contribution in [-0.4, -0.2) is 84.2 Å². The van der Waals surface area contributed by atoms with Gasteiger partial charge in [0, 0.05) is 45.8 Å². The third kappa shape index (κ3) is 8.37. The highest BCUT2D eigenvalue weighted by Crippen LogP contribution is 2.20. The molecule has 3 fully saturated rings. The second kappa shape index (κ2) is 13.9. The summed E-state index contributed by atoms with van der Waals surface area (Å²) in [6, 6.07) is 8.94. The molecule has 33 heavy (non-hydrogen) atoms. The summed E-state index contributed by atoms with van der Waals surface area (Å²) in [5, 5.41) is 13.2. The fraction of sp³-hybridized carbons (Fsp3) is 0.731. The van der Waals surface area contributed by atoms with Gasteiger partial charge in [-0.1, -0.05) is 30.7 Å². The zero-order valence-corrected chi connectivity index (χ0v) is 22.8. The van der Waals surface area contributed by atoms with Crippen molar-refractivity contribution in [3.8, 4) is 0 Å². The fourth-order valence-corrected chi connectivity index (χ4v) is 5.36. The molecule has 3 aliphatic rings. The first kappa shape index (κ1) is 26.7. The maximum absolute atomic E-state index is 9.69. The lowest BCUT2D eigenvalue weighted by atomic mass is 10.1. The van der Waals surface area contributed by atoms with Crippen LogP contribution in [0.15, 0.2) is 29.3 Å². The number of piperidine rings is 2. The molecular formula is C26H44IN5O. The number of aliphatic hydroxyl groups is 1. The van der Waals surface area contributed by atoms with Crippen molar-refractivity contribution < 1.29 is 5.11 Å². The largest absolute Gasteiger partial charge is 0.393 e. The Kier molecular flexibility index (Phi) is 11.2. The monoisotopic (exact) mass is 569 g/mol. The Morgan fingerprint density at radius 3 is 2.33 bits per heavy atom. The van der Waals surface area contributed by atoms with Gasteiger partial charge in [-0.3, -0.25) is 4.90 Å². The van der Waals surface area contributed by atoms with Crippen molar-refractivity contribution in [1.82, 2.24) is 20.0 Å². The van der Waals surface area contributed by atoms with Crippen molar-refractivity contribution in [1.29, 1.82) is 0 Å². The lowest BCUT2D eigenvalue weighted by Gasteiger charge is -2.29. The molecule has 4 rings (SSSR count). The molecule has 7 heteroatoms. The number of aliphatic hydroxyl groups excluding tert-OH is 1. The number of guanidine groups is 1. The molecule has 0 amide bonds. The molecule has 0 radical (unpaired) electrons. The maximum Gasteiger partial charge on any atom is 0.194 e. The van der Waals surface area contributed by atoms with Gasteiger partial charge in [-0.15, -0.1) is 24.0 Å². The fourth-order valence-electron chi connectivity index (χ4n) is 5.36. The number of halogens is 1. The van der Waals surface area contributed by atoms with Gasteiger partial charge in [0.1, 0.15) is 0 Å². The van der Waals surface area contributed by atoms with Crippen LogP contribution in [0.4, 0.5) is 0 Å². The molecule has 3 aliphatic heterocycles. The number of nitrogens with zero attached hydrogens (tertiary/aromatic N) is 4. The maximum atomic E-state index is 9.69. The van der Waals surface area contributed by atoms with Gasteiger partial charge in [0.25, 0.3) is 0 Å². The summed E-state index contributed by atoms with van der Waals surface area (Å²) in [7, 11) is 0. The Hall–Kier alpha value is -0.900. The molecule has 1 aromatic rings. The van der Waals surface area contributed by atoms with Gasteiger partial charge in [0.2, 0.25) is 0 Å². The molecule has 1 atom stereocenters. The van der Waals surface area contributed by atoms with Crippen molar-refractivity contribution in [2.75, 3.05) is 52.4 Å². The van der Waals surface area contributed by atoms with Crippen molar-refractivity contribution in [3.63, 3.8) is 0 Å². The van der Waals surface area contributed by atoms with Crippen molar-refractivity contribution in [2.45, 2.75) is 64.6 Å². The molecule has 0 spiro atoms. The first-order valence-electron chi connectivity index (χ1n) is 12.9. The predicted octanol–water partition coefficient (Wildman–Crippen LogP) is 3.53. The Morgan fingerprint density at radius 2 is 1.64 bits per heavy atom. The minimum Gasteiger partial charge on any atom is -0.393 e. The number of hydrogen-bond donors (Lipinski definition) is 2. The minimum atomic E-state index is -0.104. The lowest BCUT2D eigenvalue weighted by Crippen LogP contribution is -2.41. The van der Waals surface area contributed by atoms with Gasteiger partial charge in [-0.05, 0) is 69.2 Å². The molecule has 3 heterocycles. The molecule has 1 unspecified atom stereocenters. The molecule has 6 nitrogen and oxygen atoms in total. The number of hydrogen-bond acceptors (Lipinski definition) is 4. The molecule has 0 aliphatic carbocycles. The SMILES string of the molecule is CCNC(=NCc1ccc(CN2CCC(O)CC2)cc1)N1CCC(CN2CCCCC2)C1.I. The summed E-state index contributed by atoms with van der Waals surface area (Å²) in [4.78, 5) is 12.6. The van der Waals surface area contributed by atoms with Crippen LogP contribution in [0, 0.1) is 5.92 Å². The molecule has 0 saturated carbocycles. The van der Waals surface area contributed by atoms with Gasteiger partial charge in [-0.2, -0.15) is 0 Å². The number of nitrogens with one attached hydrogen (secondary N) is 1. The van der Waals surface area contributed by atoms with Gasteiger partial charge in [-0.25, -0.2) is 4.99 Å². The average Bonchev–Trinajstić information content (AvgIpc) is 3.28. The summed E-state index contributed by atoms with van der Waals surface area (Å²) in [5.41, 5.74) is 2.61. The standard InChI is InChI=1S/C26H43N5O.HI/c1-2-27-26(31-17-10-24(21-31)20-29-13-4-3-5-14-29)28-18-22-6-8-23(9-7-22)19-30-15-11-25(32)12-16-30;/h6-9,24-25,32H,2-5,10-21H2,1H3,(H,27,28);1H. The van der Waals surface area contributed by atoms with E-state index in [2.05, 4.69) is 51.2 Å². The van der Waals surface area contributed by atoms with Crippen molar-refractivity contribution in [2.24, 2.45) is 10.9 Å². The van der Waals surface area contributed by atoms with E-state index >= 15 is 0 Å². The molecule has 2 N–H and O–H groups in total. The van der Waals surface area contributed by atoms with Gasteiger partial charge in [0.05, 0.1) is 12.6 Å². The van der Waals surface area contributed by atoms with E-state index in [0.717, 1.165) is 70.5 Å². The smallest absolute Gasteiger partial charge is 0.194 e. The van der Waals surface area contributed by atoms with Crippen molar-refractivity contribution >= 4 is 29.9 Å². The van der Waals surface area contributed by atoms with E-state index in [4.69, 9.17) is 4.99 Å². The molecule has 0 aromatic heterocycles. The molecule has 3 saturated heterocycles. The van der Waals surface area contributed by atoms with Crippen LogP contribution in [0.2, 0.25) is 0 Å². The van der Waals surface area contributed by atoms with Crippen LogP contribution in [0.1, 0.15) is 56.6 Å². The van der Waals surface area contributed by atoms with E-state index in [1.54, 1.807) is 0 Å². The topological polar surface area (TPSA) is 54.3 Å². The Morgan fingerprint density at radius 1 is 0.939 bits per heavy atom. The summed E-state index contributed by atoms with van der Waals surface area (Å²) >= 11 is 0. The highest BCUT2D eigenvalue weighted by atomic mass is 127. The highest BCUT2D eigenvalue weighted by molar-refractivity contribution is 14.0. The predicted molar refractivity (Wildman–Crippen MR) is 147 cm³/mol. The second-order valence-corrected chi connectivity index (χ2v) is 9.96. The second-order valence-electron chi connectivity index (χ2n) is 9.96. The van der Waals surface area contributed by atoms with E-state index < -0.39 is 0 Å². The first-order valence-corrected chi connectivity index (χ1v) is 12.9. The zero-order chi connectivity index (χ0) is 22.2. The average molecular weight is 570 g/mol. The zero-order valence-electron chi connectivity index (χ0n) is 20.4. The number of aliphatic imine (C=N–C) groups is 1. The van der Waals surface area contributed by atoms with E-state index in [9.17, 15) is 5.11 Å².